The Bertz CT molecular complexity index is 348. The molecule has 76 valence electrons. The zero-order valence-corrected chi connectivity index (χ0v) is 8.84. The van der Waals surface area contributed by atoms with Crippen LogP contribution >= 0.6 is 0 Å². The van der Waals surface area contributed by atoms with Crippen molar-refractivity contribution in [2.45, 2.75) is 20.3 Å². The molecule has 0 aliphatic carbocycles. The van der Waals surface area contributed by atoms with Gasteiger partial charge in [0.05, 0.1) is 6.61 Å². The number of rotatable bonds is 1. The number of aryl methyl sites for hydroxylation is 1. The largest absolute Gasteiger partial charge is 0.493 e. The Balaban J connectivity index is 2.31. The molecule has 0 spiro atoms. The molecule has 1 aliphatic heterocycles. The third kappa shape index (κ3) is 1.62. The van der Waals surface area contributed by atoms with Crippen LogP contribution in [0.3, 0.4) is 0 Å². The van der Waals surface area contributed by atoms with E-state index in [0.29, 0.717) is 6.54 Å². The Hall–Kier alpha value is -1.02. The molecule has 2 N–H and O–H groups in total. The van der Waals surface area contributed by atoms with Crippen molar-refractivity contribution in [2.24, 2.45) is 11.1 Å². The summed E-state index contributed by atoms with van der Waals surface area (Å²) in [5, 5.41) is 0. The predicted octanol–water partition coefficient (Wildman–Crippen LogP) is 1.89. The smallest absolute Gasteiger partial charge is 0.122 e. The number of fused-ring (bicyclic) bond motifs is 1. The van der Waals surface area contributed by atoms with Crippen LogP contribution < -0.4 is 10.5 Å². The second-order valence-corrected chi connectivity index (χ2v) is 4.59. The van der Waals surface area contributed by atoms with Crippen molar-refractivity contribution < 1.29 is 4.74 Å². The van der Waals surface area contributed by atoms with Crippen molar-refractivity contribution >= 4 is 0 Å². The van der Waals surface area contributed by atoms with Crippen molar-refractivity contribution in [1.29, 1.82) is 0 Å². The van der Waals surface area contributed by atoms with E-state index in [-0.39, 0.29) is 5.41 Å². The second-order valence-electron chi connectivity index (χ2n) is 4.59. The van der Waals surface area contributed by atoms with Crippen molar-refractivity contribution in [3.05, 3.63) is 29.3 Å². The maximum absolute atomic E-state index is 5.74. The third-order valence-electron chi connectivity index (χ3n) is 2.91. The second kappa shape index (κ2) is 3.28. The molecule has 1 aliphatic rings. The molecular weight excluding hydrogens is 174 g/mol. The molecule has 1 heterocycles. The van der Waals surface area contributed by atoms with Crippen LogP contribution in [-0.4, -0.2) is 13.2 Å². The Kier molecular flexibility index (Phi) is 2.23. The van der Waals surface area contributed by atoms with Gasteiger partial charge in [-0.25, -0.2) is 0 Å². The number of nitrogens with two attached hydrogens (primary N) is 1. The van der Waals surface area contributed by atoms with Crippen LogP contribution in [0, 0.1) is 12.3 Å². The lowest BCUT2D eigenvalue weighted by Crippen LogP contribution is -2.38. The first-order valence-electron chi connectivity index (χ1n) is 5.05. The topological polar surface area (TPSA) is 35.2 Å². The standard InChI is InChI=1S/C12H17NO/c1-9-3-4-10-6-12(2,7-13)8-14-11(10)5-9/h3-5H,6-8,13H2,1-2H3. The van der Waals surface area contributed by atoms with Gasteiger partial charge in [-0.15, -0.1) is 0 Å². The van der Waals surface area contributed by atoms with E-state index >= 15 is 0 Å². The molecule has 2 heteroatoms. The molecule has 0 bridgehead atoms. The Morgan fingerprint density at radius 3 is 3.00 bits per heavy atom. The summed E-state index contributed by atoms with van der Waals surface area (Å²) in [7, 11) is 0. The molecular formula is C12H17NO. The van der Waals surface area contributed by atoms with Crippen LogP contribution in [0.4, 0.5) is 0 Å². The lowest BCUT2D eigenvalue weighted by molar-refractivity contribution is 0.144. The maximum Gasteiger partial charge on any atom is 0.122 e. The number of benzene rings is 1. The maximum atomic E-state index is 5.74. The highest BCUT2D eigenvalue weighted by Crippen LogP contribution is 2.34. The number of hydrogen-bond acceptors (Lipinski definition) is 2. The Labute approximate surface area is 85.1 Å². The van der Waals surface area contributed by atoms with E-state index in [1.54, 1.807) is 0 Å². The van der Waals surface area contributed by atoms with Gasteiger partial charge in [-0.2, -0.15) is 0 Å². The average molecular weight is 191 g/mol. The Morgan fingerprint density at radius 2 is 2.29 bits per heavy atom. The predicted molar refractivity (Wildman–Crippen MR) is 57.5 cm³/mol. The fourth-order valence-corrected chi connectivity index (χ4v) is 1.84. The van der Waals surface area contributed by atoms with Gasteiger partial charge in [-0.3, -0.25) is 0 Å². The molecule has 0 amide bonds. The number of ether oxygens (including phenoxy) is 1. The van der Waals surface area contributed by atoms with Crippen LogP contribution in [0.2, 0.25) is 0 Å². The molecule has 0 fully saturated rings. The summed E-state index contributed by atoms with van der Waals surface area (Å²) in [5.74, 6) is 1.04. The molecule has 1 unspecified atom stereocenters. The molecule has 1 aromatic rings. The monoisotopic (exact) mass is 191 g/mol. The minimum Gasteiger partial charge on any atom is -0.493 e. The van der Waals surface area contributed by atoms with Crippen LogP contribution in [0.15, 0.2) is 18.2 Å². The molecule has 2 nitrogen and oxygen atoms in total. The lowest BCUT2D eigenvalue weighted by Gasteiger charge is -2.33. The van der Waals surface area contributed by atoms with Gasteiger partial charge in [-0.05, 0) is 30.5 Å². The summed E-state index contributed by atoms with van der Waals surface area (Å²) >= 11 is 0. The Morgan fingerprint density at radius 1 is 1.50 bits per heavy atom. The average Bonchev–Trinajstić information content (AvgIpc) is 2.19. The summed E-state index contributed by atoms with van der Waals surface area (Å²) in [4.78, 5) is 0. The van der Waals surface area contributed by atoms with Crippen molar-refractivity contribution in [1.82, 2.24) is 0 Å². The molecule has 0 saturated carbocycles. The van der Waals surface area contributed by atoms with Gasteiger partial charge < -0.3 is 10.5 Å². The normalized spacial score (nSPS) is 25.4. The van der Waals surface area contributed by atoms with Crippen LogP contribution in [0.25, 0.3) is 0 Å². The zero-order valence-electron chi connectivity index (χ0n) is 8.84. The van der Waals surface area contributed by atoms with Gasteiger partial charge in [0.2, 0.25) is 0 Å². The van der Waals surface area contributed by atoms with E-state index in [4.69, 9.17) is 10.5 Å². The highest BCUT2D eigenvalue weighted by Gasteiger charge is 2.29. The number of hydrogen-bond donors (Lipinski definition) is 1. The summed E-state index contributed by atoms with van der Waals surface area (Å²) in [5.41, 5.74) is 8.39. The molecule has 1 atom stereocenters. The third-order valence-corrected chi connectivity index (χ3v) is 2.91. The summed E-state index contributed by atoms with van der Waals surface area (Å²) in [6, 6.07) is 6.38. The molecule has 14 heavy (non-hydrogen) atoms. The van der Waals surface area contributed by atoms with Gasteiger partial charge in [0, 0.05) is 12.0 Å². The van der Waals surface area contributed by atoms with E-state index < -0.39 is 0 Å². The molecule has 1 aromatic carbocycles. The first kappa shape index (κ1) is 9.53. The molecule has 2 rings (SSSR count). The SMILES string of the molecule is Cc1ccc2c(c1)OCC(C)(CN)C2. The van der Waals surface area contributed by atoms with Crippen LogP contribution in [0.1, 0.15) is 18.1 Å². The summed E-state index contributed by atoms with van der Waals surface area (Å²) in [6.07, 6.45) is 1.03. The zero-order chi connectivity index (χ0) is 10.2. The van der Waals surface area contributed by atoms with Gasteiger partial charge in [0.25, 0.3) is 0 Å². The van der Waals surface area contributed by atoms with Gasteiger partial charge in [0.1, 0.15) is 5.75 Å². The minimum atomic E-state index is 0.113. The van der Waals surface area contributed by atoms with Crippen LogP contribution in [-0.2, 0) is 6.42 Å². The lowest BCUT2D eigenvalue weighted by atomic mass is 9.82. The van der Waals surface area contributed by atoms with Gasteiger partial charge in [0.15, 0.2) is 0 Å². The quantitative estimate of drug-likeness (QED) is 0.735. The minimum absolute atomic E-state index is 0.113. The van der Waals surface area contributed by atoms with E-state index in [1.807, 2.05) is 0 Å². The first-order chi connectivity index (χ1) is 6.63. The molecule has 0 saturated heterocycles. The van der Waals surface area contributed by atoms with E-state index in [9.17, 15) is 0 Å². The fourth-order valence-electron chi connectivity index (χ4n) is 1.84. The summed E-state index contributed by atoms with van der Waals surface area (Å²) in [6.45, 7) is 5.68. The highest BCUT2D eigenvalue weighted by molar-refractivity contribution is 5.39. The highest BCUT2D eigenvalue weighted by atomic mass is 16.5. The van der Waals surface area contributed by atoms with E-state index in [1.165, 1.54) is 11.1 Å². The van der Waals surface area contributed by atoms with Gasteiger partial charge >= 0.3 is 0 Å². The fraction of sp³-hybridized carbons (Fsp3) is 0.500. The van der Waals surface area contributed by atoms with E-state index in [0.717, 1.165) is 18.8 Å². The molecule has 0 radical (unpaired) electrons. The van der Waals surface area contributed by atoms with Gasteiger partial charge in [-0.1, -0.05) is 19.1 Å². The van der Waals surface area contributed by atoms with Crippen molar-refractivity contribution in [3.63, 3.8) is 0 Å². The van der Waals surface area contributed by atoms with E-state index in [2.05, 4.69) is 32.0 Å². The van der Waals surface area contributed by atoms with Crippen molar-refractivity contribution in [3.8, 4) is 5.75 Å². The summed E-state index contributed by atoms with van der Waals surface area (Å²) < 4.78 is 5.73. The van der Waals surface area contributed by atoms with Crippen molar-refractivity contribution in [2.75, 3.05) is 13.2 Å². The first-order valence-corrected chi connectivity index (χ1v) is 5.05. The molecule has 0 aromatic heterocycles. The van der Waals surface area contributed by atoms with Crippen LogP contribution in [0.5, 0.6) is 5.75 Å².